The molecule has 0 aliphatic rings. The van der Waals surface area contributed by atoms with Gasteiger partial charge in [0.25, 0.3) is 5.91 Å². The number of carbonyl (C=O) groups is 2. The van der Waals surface area contributed by atoms with Gasteiger partial charge in [-0.15, -0.1) is 0 Å². The molecule has 0 unspecified atom stereocenters. The first-order valence-corrected chi connectivity index (χ1v) is 7.64. The summed E-state index contributed by atoms with van der Waals surface area (Å²) < 4.78 is 43.0. The van der Waals surface area contributed by atoms with Crippen molar-refractivity contribution in [2.24, 2.45) is 0 Å². The van der Waals surface area contributed by atoms with Gasteiger partial charge in [0.05, 0.1) is 12.1 Å². The van der Waals surface area contributed by atoms with Crippen molar-refractivity contribution in [1.29, 1.82) is 0 Å². The van der Waals surface area contributed by atoms with E-state index < -0.39 is 30.2 Å². The molecule has 1 N–H and O–H groups in total. The highest BCUT2D eigenvalue weighted by Gasteiger charge is 2.30. The van der Waals surface area contributed by atoms with E-state index in [4.69, 9.17) is 4.74 Å². The van der Waals surface area contributed by atoms with E-state index in [-0.39, 0.29) is 12.3 Å². The molecule has 0 saturated heterocycles. The van der Waals surface area contributed by atoms with Crippen molar-refractivity contribution in [1.82, 2.24) is 4.90 Å². The highest BCUT2D eigenvalue weighted by Crippen LogP contribution is 2.31. The molecule has 0 aliphatic heterocycles. The molecule has 138 valence electrons. The third-order valence-electron chi connectivity index (χ3n) is 3.39. The second kappa shape index (κ2) is 8.37. The third-order valence-corrected chi connectivity index (χ3v) is 3.39. The Balaban J connectivity index is 1.84. The second-order valence-corrected chi connectivity index (χ2v) is 5.48. The number of ether oxygens (including phenoxy) is 1. The molecule has 0 spiro atoms. The van der Waals surface area contributed by atoms with Crippen LogP contribution >= 0.6 is 0 Å². The molecule has 2 aromatic carbocycles. The summed E-state index contributed by atoms with van der Waals surface area (Å²) in [6, 6.07) is 13.0. The summed E-state index contributed by atoms with van der Waals surface area (Å²) in [5.74, 6) is -1.01. The highest BCUT2D eigenvalue weighted by molar-refractivity contribution is 5.94. The number of halogens is 3. The topological polar surface area (TPSA) is 58.6 Å². The van der Waals surface area contributed by atoms with Crippen LogP contribution in [0.3, 0.4) is 0 Å². The van der Waals surface area contributed by atoms with E-state index >= 15 is 0 Å². The van der Waals surface area contributed by atoms with E-state index in [0.717, 1.165) is 17.0 Å². The minimum absolute atomic E-state index is 0.0738. The summed E-state index contributed by atoms with van der Waals surface area (Å²) in [4.78, 5) is 25.0. The van der Waals surface area contributed by atoms with Gasteiger partial charge in [-0.05, 0) is 30.3 Å². The van der Waals surface area contributed by atoms with Crippen molar-refractivity contribution < 1.29 is 27.5 Å². The van der Waals surface area contributed by atoms with Gasteiger partial charge in [-0.2, -0.15) is 13.2 Å². The van der Waals surface area contributed by atoms with Crippen molar-refractivity contribution in [3.05, 3.63) is 60.2 Å². The summed E-state index contributed by atoms with van der Waals surface area (Å²) in [5.41, 5.74) is -0.267. The molecule has 2 rings (SSSR count). The molecule has 26 heavy (non-hydrogen) atoms. The Bertz CT molecular complexity index is 764. The fourth-order valence-electron chi connectivity index (χ4n) is 2.04. The zero-order chi connectivity index (χ0) is 19.2. The van der Waals surface area contributed by atoms with Gasteiger partial charge in [0.1, 0.15) is 5.75 Å². The van der Waals surface area contributed by atoms with Gasteiger partial charge in [-0.1, -0.05) is 24.3 Å². The monoisotopic (exact) mass is 366 g/mol. The number of alkyl halides is 3. The number of nitrogens with zero attached hydrogens (tertiary/aromatic N) is 1. The van der Waals surface area contributed by atoms with Crippen LogP contribution in [0, 0.1) is 0 Å². The Labute approximate surface area is 148 Å². The lowest BCUT2D eigenvalue weighted by Gasteiger charge is -2.17. The maximum atomic E-state index is 12.6. The summed E-state index contributed by atoms with van der Waals surface area (Å²) in [6.07, 6.45) is -4.49. The fraction of sp³-hybridized carbons (Fsp3) is 0.222. The Morgan fingerprint density at radius 2 is 1.77 bits per heavy atom. The lowest BCUT2D eigenvalue weighted by Crippen LogP contribution is -2.37. The lowest BCUT2D eigenvalue weighted by molar-refractivity contribution is -0.137. The maximum absolute atomic E-state index is 12.6. The summed E-state index contributed by atoms with van der Waals surface area (Å²) in [7, 11) is 1.41. The van der Waals surface area contributed by atoms with E-state index in [1.165, 1.54) is 19.2 Å². The van der Waals surface area contributed by atoms with Crippen LogP contribution in [0.15, 0.2) is 54.6 Å². The van der Waals surface area contributed by atoms with Gasteiger partial charge < -0.3 is 15.0 Å². The average molecular weight is 366 g/mol. The molecule has 0 radical (unpaired) electrons. The minimum Gasteiger partial charge on any atom is -0.484 e. The largest absolute Gasteiger partial charge is 0.484 e. The van der Waals surface area contributed by atoms with Gasteiger partial charge >= 0.3 is 6.18 Å². The number of likely N-dealkylation sites (N-methyl/N-ethyl adjacent to an activating group) is 1. The van der Waals surface area contributed by atoms with E-state index in [9.17, 15) is 22.8 Å². The smallest absolute Gasteiger partial charge is 0.416 e. The number of rotatable bonds is 6. The quantitative estimate of drug-likeness (QED) is 0.854. The molecule has 0 fully saturated rings. The molecular formula is C18H17F3N2O3. The third kappa shape index (κ3) is 5.80. The average Bonchev–Trinajstić information content (AvgIpc) is 2.60. The zero-order valence-corrected chi connectivity index (χ0v) is 13.9. The SMILES string of the molecule is CN(CC(=O)Nc1ccccc1)C(=O)COc1cccc(C(F)(F)F)c1. The van der Waals surface area contributed by atoms with Crippen LogP contribution in [0.4, 0.5) is 18.9 Å². The van der Waals surface area contributed by atoms with Crippen LogP contribution in [0.5, 0.6) is 5.75 Å². The van der Waals surface area contributed by atoms with Crippen LogP contribution in [0.25, 0.3) is 0 Å². The fourth-order valence-corrected chi connectivity index (χ4v) is 2.04. The normalized spacial score (nSPS) is 10.9. The van der Waals surface area contributed by atoms with Gasteiger partial charge in [-0.3, -0.25) is 9.59 Å². The predicted octanol–water partition coefficient (Wildman–Crippen LogP) is 3.18. The van der Waals surface area contributed by atoms with Crippen LogP contribution < -0.4 is 10.1 Å². The standard InChI is InChI=1S/C18H17F3N2O3/c1-23(11-16(24)22-14-7-3-2-4-8-14)17(25)12-26-15-9-5-6-13(10-15)18(19,20)21/h2-10H,11-12H2,1H3,(H,22,24). The molecule has 2 aromatic rings. The molecule has 5 nitrogen and oxygen atoms in total. The first-order chi connectivity index (χ1) is 12.3. The van der Waals surface area contributed by atoms with Crippen molar-refractivity contribution in [3.8, 4) is 5.75 Å². The summed E-state index contributed by atoms with van der Waals surface area (Å²) in [5, 5.41) is 2.63. The number of nitrogens with one attached hydrogen (secondary N) is 1. The van der Waals surface area contributed by atoms with Crippen molar-refractivity contribution in [2.75, 3.05) is 25.5 Å². The maximum Gasteiger partial charge on any atom is 0.416 e. The number of anilines is 1. The molecule has 0 bridgehead atoms. The van der Waals surface area contributed by atoms with Gasteiger partial charge in [0, 0.05) is 12.7 Å². The molecule has 0 saturated carbocycles. The first kappa shape index (κ1) is 19.3. The number of carbonyl (C=O) groups excluding carboxylic acids is 2. The van der Waals surface area contributed by atoms with Crippen molar-refractivity contribution >= 4 is 17.5 Å². The van der Waals surface area contributed by atoms with Gasteiger partial charge in [0.2, 0.25) is 5.91 Å². The number of hydrogen-bond acceptors (Lipinski definition) is 3. The molecular weight excluding hydrogens is 349 g/mol. The highest BCUT2D eigenvalue weighted by atomic mass is 19.4. The van der Waals surface area contributed by atoms with E-state index in [2.05, 4.69) is 5.32 Å². The first-order valence-electron chi connectivity index (χ1n) is 7.64. The Morgan fingerprint density at radius 1 is 1.08 bits per heavy atom. The molecule has 2 amide bonds. The minimum atomic E-state index is -4.49. The summed E-state index contributed by atoms with van der Waals surface area (Å²) >= 11 is 0. The van der Waals surface area contributed by atoms with Crippen LogP contribution in [0.2, 0.25) is 0 Å². The van der Waals surface area contributed by atoms with E-state index in [1.807, 2.05) is 0 Å². The Kier molecular flexibility index (Phi) is 6.21. The van der Waals surface area contributed by atoms with Crippen LogP contribution in [-0.2, 0) is 15.8 Å². The Morgan fingerprint density at radius 3 is 2.42 bits per heavy atom. The van der Waals surface area contributed by atoms with E-state index in [0.29, 0.717) is 5.69 Å². The predicted molar refractivity (Wildman–Crippen MR) is 89.6 cm³/mol. The molecule has 8 heteroatoms. The van der Waals surface area contributed by atoms with E-state index in [1.54, 1.807) is 30.3 Å². The number of benzene rings is 2. The Hall–Kier alpha value is -3.03. The molecule has 0 aliphatic carbocycles. The number of hydrogen-bond donors (Lipinski definition) is 1. The van der Waals surface area contributed by atoms with Crippen molar-refractivity contribution in [2.45, 2.75) is 6.18 Å². The second-order valence-electron chi connectivity index (χ2n) is 5.48. The van der Waals surface area contributed by atoms with Crippen molar-refractivity contribution in [3.63, 3.8) is 0 Å². The molecule has 0 heterocycles. The molecule has 0 aromatic heterocycles. The zero-order valence-electron chi connectivity index (χ0n) is 13.9. The molecule has 0 atom stereocenters. The number of amides is 2. The van der Waals surface area contributed by atoms with Gasteiger partial charge in [-0.25, -0.2) is 0 Å². The van der Waals surface area contributed by atoms with Crippen LogP contribution in [-0.4, -0.2) is 36.9 Å². The lowest BCUT2D eigenvalue weighted by atomic mass is 10.2. The summed E-state index contributed by atoms with van der Waals surface area (Å²) in [6.45, 7) is -0.684. The number of para-hydroxylation sites is 1. The van der Waals surface area contributed by atoms with Gasteiger partial charge in [0.15, 0.2) is 6.61 Å². The van der Waals surface area contributed by atoms with Crippen LogP contribution in [0.1, 0.15) is 5.56 Å².